The van der Waals surface area contributed by atoms with Crippen LogP contribution >= 0.6 is 11.8 Å². The van der Waals surface area contributed by atoms with E-state index in [-0.39, 0.29) is 11.9 Å². The van der Waals surface area contributed by atoms with Crippen molar-refractivity contribution in [3.8, 4) is 17.1 Å². The Morgan fingerprint density at radius 3 is 2.89 bits per heavy atom. The summed E-state index contributed by atoms with van der Waals surface area (Å²) in [5.41, 5.74) is 2.79. The molecule has 0 spiro atoms. The van der Waals surface area contributed by atoms with E-state index >= 15 is 0 Å². The number of thioether (sulfide) groups is 1. The van der Waals surface area contributed by atoms with Gasteiger partial charge in [-0.25, -0.2) is 14.4 Å². The summed E-state index contributed by atoms with van der Waals surface area (Å²) in [6.07, 6.45) is 5.66. The highest BCUT2D eigenvalue weighted by atomic mass is 32.2. The minimum atomic E-state index is -0.340. The second-order valence-electron chi connectivity index (χ2n) is 6.35. The molecule has 0 amide bonds. The van der Waals surface area contributed by atoms with Gasteiger partial charge >= 0.3 is 0 Å². The van der Waals surface area contributed by atoms with Gasteiger partial charge in [-0.1, -0.05) is 12.1 Å². The first-order valence-corrected chi connectivity index (χ1v) is 10.1. The average Bonchev–Trinajstić information content (AvgIpc) is 3.47. The lowest BCUT2D eigenvalue weighted by molar-refractivity contribution is 0.303. The molecule has 1 saturated carbocycles. The van der Waals surface area contributed by atoms with E-state index < -0.39 is 0 Å². The third-order valence-electron chi connectivity index (χ3n) is 4.07. The summed E-state index contributed by atoms with van der Waals surface area (Å²) in [5.74, 6) is 1.95. The summed E-state index contributed by atoms with van der Waals surface area (Å²) in [6.45, 7) is 0. The summed E-state index contributed by atoms with van der Waals surface area (Å²) < 4.78 is 19.5. The van der Waals surface area contributed by atoms with E-state index in [2.05, 4.69) is 38.7 Å². The van der Waals surface area contributed by atoms with Crippen molar-refractivity contribution in [2.75, 3.05) is 11.6 Å². The fourth-order valence-corrected chi connectivity index (χ4v) is 3.18. The summed E-state index contributed by atoms with van der Waals surface area (Å²) >= 11 is 1.77. The minimum Gasteiger partial charge on any atom is -0.490 e. The van der Waals surface area contributed by atoms with Crippen molar-refractivity contribution >= 4 is 23.4 Å². The van der Waals surface area contributed by atoms with Crippen LogP contribution < -0.4 is 10.1 Å². The average molecular weight is 382 g/mol. The highest BCUT2D eigenvalue weighted by molar-refractivity contribution is 7.97. The Balaban J connectivity index is 1.60. The van der Waals surface area contributed by atoms with Crippen molar-refractivity contribution in [3.63, 3.8) is 0 Å². The maximum atomic E-state index is 13.7. The molecule has 1 aliphatic carbocycles. The third kappa shape index (κ3) is 4.54. The van der Waals surface area contributed by atoms with Crippen LogP contribution in [0.4, 0.5) is 16.0 Å². The Morgan fingerprint density at radius 2 is 2.07 bits per heavy atom. The molecule has 4 rings (SSSR count). The zero-order valence-electron chi connectivity index (χ0n) is 14.9. The lowest BCUT2D eigenvalue weighted by atomic mass is 10.2. The maximum Gasteiger partial charge on any atom is 0.230 e. The molecule has 0 radical (unpaired) electrons. The Kier molecular flexibility index (Phi) is 5.20. The van der Waals surface area contributed by atoms with Crippen molar-refractivity contribution < 1.29 is 9.13 Å². The quantitative estimate of drug-likeness (QED) is 0.632. The second-order valence-corrected chi connectivity index (χ2v) is 7.21. The van der Waals surface area contributed by atoms with Gasteiger partial charge in [-0.3, -0.25) is 0 Å². The first-order valence-electron chi connectivity index (χ1n) is 8.72. The van der Waals surface area contributed by atoms with Gasteiger partial charge in [0, 0.05) is 17.5 Å². The van der Waals surface area contributed by atoms with Gasteiger partial charge in [0.2, 0.25) is 5.95 Å². The summed E-state index contributed by atoms with van der Waals surface area (Å²) in [4.78, 5) is 12.9. The number of halogens is 1. The lowest BCUT2D eigenvalue weighted by Crippen LogP contribution is -2.03. The van der Waals surface area contributed by atoms with E-state index in [1.54, 1.807) is 17.8 Å². The van der Waals surface area contributed by atoms with Crippen LogP contribution in [-0.2, 0) is 5.75 Å². The lowest BCUT2D eigenvalue weighted by Gasteiger charge is -2.11. The number of aromatic nitrogens is 3. The third-order valence-corrected chi connectivity index (χ3v) is 4.69. The molecule has 1 aliphatic rings. The molecule has 138 valence electrons. The topological polar surface area (TPSA) is 59.9 Å². The van der Waals surface area contributed by atoms with Gasteiger partial charge in [0.05, 0.1) is 11.7 Å². The van der Waals surface area contributed by atoms with Gasteiger partial charge in [0.1, 0.15) is 17.9 Å². The molecule has 0 unspecified atom stereocenters. The van der Waals surface area contributed by atoms with E-state index in [9.17, 15) is 4.39 Å². The second kappa shape index (κ2) is 7.92. The minimum absolute atomic E-state index is 0.157. The molecular formula is C20H19FN4OS. The maximum absolute atomic E-state index is 13.7. The molecular weight excluding hydrogens is 363 g/mol. The predicted molar refractivity (Wildman–Crippen MR) is 106 cm³/mol. The Morgan fingerprint density at radius 1 is 1.19 bits per heavy atom. The molecule has 3 aromatic rings. The van der Waals surface area contributed by atoms with Gasteiger partial charge in [-0.15, -0.1) is 0 Å². The number of anilines is 2. The van der Waals surface area contributed by atoms with Gasteiger partial charge in [0.15, 0.2) is 5.82 Å². The van der Waals surface area contributed by atoms with Crippen molar-refractivity contribution in [2.45, 2.75) is 24.7 Å². The molecule has 1 N–H and O–H groups in total. The van der Waals surface area contributed by atoms with Crippen LogP contribution in [0.5, 0.6) is 5.75 Å². The number of hydrogen-bond donors (Lipinski definition) is 1. The van der Waals surface area contributed by atoms with Crippen LogP contribution in [0.2, 0.25) is 0 Å². The number of benzene rings is 2. The zero-order valence-corrected chi connectivity index (χ0v) is 15.7. The van der Waals surface area contributed by atoms with Crippen LogP contribution in [0, 0.1) is 5.82 Å². The zero-order chi connectivity index (χ0) is 18.6. The van der Waals surface area contributed by atoms with Crippen molar-refractivity contribution in [3.05, 3.63) is 60.2 Å². The van der Waals surface area contributed by atoms with Crippen molar-refractivity contribution in [1.29, 1.82) is 0 Å². The highest BCUT2D eigenvalue weighted by Gasteiger charge is 2.25. The number of nitrogens with one attached hydrogen (secondary N) is 1. The number of ether oxygens (including phenoxy) is 1. The number of nitrogens with zero attached hydrogens (tertiary/aromatic N) is 3. The Hall–Kier alpha value is -2.67. The Labute approximate surface area is 161 Å². The number of rotatable bonds is 7. The molecule has 0 saturated heterocycles. The molecule has 0 aliphatic heterocycles. The monoisotopic (exact) mass is 382 g/mol. The summed E-state index contributed by atoms with van der Waals surface area (Å²) in [6, 6.07) is 12.5. The van der Waals surface area contributed by atoms with Crippen LogP contribution in [0.1, 0.15) is 18.4 Å². The molecule has 1 aromatic heterocycles. The van der Waals surface area contributed by atoms with Crippen LogP contribution in [0.25, 0.3) is 11.4 Å². The summed E-state index contributed by atoms with van der Waals surface area (Å²) in [7, 11) is 0. The van der Waals surface area contributed by atoms with Crippen LogP contribution in [-0.4, -0.2) is 27.3 Å². The van der Waals surface area contributed by atoms with E-state index in [1.165, 1.54) is 24.0 Å². The molecule has 0 bridgehead atoms. The van der Waals surface area contributed by atoms with Gasteiger partial charge in [-0.2, -0.15) is 16.7 Å². The molecule has 1 heterocycles. The van der Waals surface area contributed by atoms with Gasteiger partial charge in [-0.05, 0) is 48.9 Å². The standard InChI is InChI=1S/C20H19FN4OS/c1-27-11-13-3-2-4-15(9-13)24-20-23-12-22-19(25-20)17-8-5-14(21)10-18(17)26-16-6-7-16/h2-5,8-10,12,16H,6-7,11H2,1H3,(H,22,23,24,25). The molecule has 1 fully saturated rings. The first kappa shape index (κ1) is 17.7. The SMILES string of the molecule is CSCc1cccc(Nc2ncnc(-c3ccc(F)cc3OC3CC3)n2)c1. The largest absolute Gasteiger partial charge is 0.490 e. The molecule has 7 heteroatoms. The fraction of sp³-hybridized carbons (Fsp3) is 0.250. The molecule has 5 nitrogen and oxygen atoms in total. The van der Waals surface area contributed by atoms with Gasteiger partial charge in [0.25, 0.3) is 0 Å². The molecule has 2 aromatic carbocycles. The van der Waals surface area contributed by atoms with E-state index in [0.717, 1.165) is 24.3 Å². The smallest absolute Gasteiger partial charge is 0.230 e. The molecule has 27 heavy (non-hydrogen) atoms. The van der Waals surface area contributed by atoms with Crippen molar-refractivity contribution in [1.82, 2.24) is 15.0 Å². The normalized spacial score (nSPS) is 13.4. The van der Waals surface area contributed by atoms with Crippen molar-refractivity contribution in [2.24, 2.45) is 0 Å². The Bertz CT molecular complexity index is 949. The fourth-order valence-electron chi connectivity index (χ4n) is 2.66. The summed E-state index contributed by atoms with van der Waals surface area (Å²) in [5, 5.41) is 3.21. The first-order chi connectivity index (χ1) is 13.2. The van der Waals surface area contributed by atoms with Crippen LogP contribution in [0.15, 0.2) is 48.8 Å². The van der Waals surface area contributed by atoms with Crippen LogP contribution in [0.3, 0.4) is 0 Å². The van der Waals surface area contributed by atoms with E-state index in [4.69, 9.17) is 4.74 Å². The predicted octanol–water partition coefficient (Wildman–Crippen LogP) is 4.83. The van der Waals surface area contributed by atoms with E-state index in [1.807, 2.05) is 12.1 Å². The highest BCUT2D eigenvalue weighted by Crippen LogP contribution is 2.34. The molecule has 0 atom stereocenters. The number of hydrogen-bond acceptors (Lipinski definition) is 6. The van der Waals surface area contributed by atoms with E-state index in [0.29, 0.717) is 23.1 Å². The van der Waals surface area contributed by atoms with Gasteiger partial charge < -0.3 is 10.1 Å².